The number of halogens is 1. The van der Waals surface area contributed by atoms with Crippen molar-refractivity contribution in [2.45, 2.75) is 30.1 Å². The van der Waals surface area contributed by atoms with Crippen molar-refractivity contribution in [1.82, 2.24) is 14.9 Å². The number of carbonyl (C=O) groups is 1. The maximum atomic E-state index is 12.9. The Bertz CT molecular complexity index is 899. The Labute approximate surface area is 170 Å². The molecule has 1 aliphatic heterocycles. The summed E-state index contributed by atoms with van der Waals surface area (Å²) in [4.78, 5) is 12.2. The largest absolute Gasteiger partial charge is 0.350 e. The van der Waals surface area contributed by atoms with Gasteiger partial charge in [0.1, 0.15) is 4.21 Å². The van der Waals surface area contributed by atoms with Gasteiger partial charge in [0.15, 0.2) is 0 Å². The van der Waals surface area contributed by atoms with Crippen LogP contribution in [0.1, 0.15) is 28.4 Å². The molecule has 1 aliphatic rings. The van der Waals surface area contributed by atoms with Crippen molar-refractivity contribution >= 4 is 39.7 Å². The number of hydrogen-bond acceptors (Lipinski definition) is 5. The van der Waals surface area contributed by atoms with E-state index in [0.29, 0.717) is 31.6 Å². The molecule has 0 spiro atoms. The van der Waals surface area contributed by atoms with E-state index in [1.54, 1.807) is 5.38 Å². The highest BCUT2D eigenvalue weighted by Gasteiger charge is 2.30. The number of benzene rings is 1. The van der Waals surface area contributed by atoms with Gasteiger partial charge in [-0.15, -0.1) is 23.7 Å². The Morgan fingerprint density at radius 1 is 1.30 bits per heavy atom. The third kappa shape index (κ3) is 4.89. The molecule has 148 valence electrons. The lowest BCUT2D eigenvalue weighted by Crippen LogP contribution is -2.37. The van der Waals surface area contributed by atoms with Crippen LogP contribution < -0.4 is 10.6 Å². The molecule has 0 saturated heterocycles. The lowest BCUT2D eigenvalue weighted by atomic mass is 10.0. The monoisotopic (exact) mass is 429 g/mol. The number of fused-ring (bicyclic) bond motifs is 1. The molecular weight excluding hydrogens is 406 g/mol. The molecule has 0 fully saturated rings. The van der Waals surface area contributed by atoms with Gasteiger partial charge in [-0.1, -0.05) is 24.3 Å². The summed E-state index contributed by atoms with van der Waals surface area (Å²) in [5, 5.41) is 7.44. The van der Waals surface area contributed by atoms with Crippen LogP contribution in [0.2, 0.25) is 0 Å². The van der Waals surface area contributed by atoms with E-state index in [4.69, 9.17) is 0 Å². The molecule has 3 rings (SSSR count). The van der Waals surface area contributed by atoms with Gasteiger partial charge in [0.25, 0.3) is 15.9 Å². The van der Waals surface area contributed by atoms with Crippen molar-refractivity contribution in [3.63, 3.8) is 0 Å². The molecule has 2 N–H and O–H groups in total. The second-order valence-electron chi connectivity index (χ2n) is 6.41. The molecule has 0 saturated carbocycles. The first-order valence-electron chi connectivity index (χ1n) is 8.52. The summed E-state index contributed by atoms with van der Waals surface area (Å²) in [5.74, 6) is -0.256. The first-order valence-corrected chi connectivity index (χ1v) is 10.8. The number of carbonyl (C=O) groups excluding carboxylic acids is 1. The molecule has 1 aromatic heterocycles. The van der Waals surface area contributed by atoms with E-state index in [2.05, 4.69) is 10.6 Å². The van der Waals surface area contributed by atoms with E-state index >= 15 is 0 Å². The summed E-state index contributed by atoms with van der Waals surface area (Å²) in [6.07, 6.45) is 0.704. The Morgan fingerprint density at radius 3 is 2.70 bits per heavy atom. The fourth-order valence-electron chi connectivity index (χ4n) is 2.82. The molecule has 1 aromatic carbocycles. The molecule has 2 heterocycles. The molecule has 0 aliphatic carbocycles. The highest BCUT2D eigenvalue weighted by atomic mass is 35.5. The average Bonchev–Trinajstić information content (AvgIpc) is 3.16. The minimum absolute atomic E-state index is 0. The van der Waals surface area contributed by atoms with Crippen LogP contribution in [0.25, 0.3) is 0 Å². The molecule has 0 bridgehead atoms. The Hall–Kier alpha value is -1.45. The van der Waals surface area contributed by atoms with Gasteiger partial charge in [0.05, 0.1) is 5.56 Å². The highest BCUT2D eigenvalue weighted by molar-refractivity contribution is 7.91. The molecule has 1 unspecified atom stereocenters. The van der Waals surface area contributed by atoms with E-state index in [9.17, 15) is 13.2 Å². The van der Waals surface area contributed by atoms with Gasteiger partial charge < -0.3 is 10.6 Å². The van der Waals surface area contributed by atoms with Crippen LogP contribution in [-0.2, 0) is 23.0 Å². The molecule has 27 heavy (non-hydrogen) atoms. The number of sulfonamides is 1. The fraction of sp³-hybridized carbons (Fsp3) is 0.389. The van der Waals surface area contributed by atoms with Crippen LogP contribution in [0.4, 0.5) is 0 Å². The molecular formula is C18H24ClN3O3S2. The van der Waals surface area contributed by atoms with Gasteiger partial charge in [-0.2, -0.15) is 4.31 Å². The number of likely N-dealkylation sites (N-methyl/N-ethyl adjacent to an activating group) is 1. The zero-order valence-electron chi connectivity index (χ0n) is 15.3. The van der Waals surface area contributed by atoms with Crippen LogP contribution in [0.5, 0.6) is 0 Å². The minimum atomic E-state index is -3.59. The van der Waals surface area contributed by atoms with Crippen molar-refractivity contribution in [2.24, 2.45) is 0 Å². The van der Waals surface area contributed by atoms with Gasteiger partial charge in [-0.05, 0) is 37.6 Å². The zero-order chi connectivity index (χ0) is 18.7. The lowest BCUT2D eigenvalue weighted by Gasteiger charge is -2.27. The van der Waals surface area contributed by atoms with Crippen LogP contribution in [0.15, 0.2) is 39.9 Å². The Balaban J connectivity index is 0.00000261. The summed E-state index contributed by atoms with van der Waals surface area (Å²) in [5.41, 5.74) is 2.62. The number of thiophene rings is 1. The normalized spacial score (nSPS) is 15.5. The summed E-state index contributed by atoms with van der Waals surface area (Å²) in [6, 6.07) is 9.53. The maximum Gasteiger partial charge on any atom is 0.252 e. The van der Waals surface area contributed by atoms with Crippen LogP contribution >= 0.6 is 23.7 Å². The van der Waals surface area contributed by atoms with Gasteiger partial charge in [0.2, 0.25) is 0 Å². The van der Waals surface area contributed by atoms with Crippen molar-refractivity contribution in [3.8, 4) is 0 Å². The first-order chi connectivity index (χ1) is 12.4. The zero-order valence-corrected chi connectivity index (χ0v) is 17.7. The minimum Gasteiger partial charge on any atom is -0.350 e. The van der Waals surface area contributed by atoms with Crippen molar-refractivity contribution in [3.05, 3.63) is 52.4 Å². The summed E-state index contributed by atoms with van der Waals surface area (Å²) < 4.78 is 27.6. The predicted molar refractivity (Wildman–Crippen MR) is 110 cm³/mol. The number of nitrogens with one attached hydrogen (secondary N) is 2. The van der Waals surface area contributed by atoms with Crippen molar-refractivity contribution < 1.29 is 13.2 Å². The molecule has 6 nitrogen and oxygen atoms in total. The van der Waals surface area contributed by atoms with Crippen molar-refractivity contribution in [2.75, 3.05) is 20.1 Å². The predicted octanol–water partition coefficient (Wildman–Crippen LogP) is 2.25. The van der Waals surface area contributed by atoms with E-state index in [1.165, 1.54) is 15.9 Å². The Morgan fingerprint density at radius 2 is 2.00 bits per heavy atom. The van der Waals surface area contributed by atoms with E-state index in [0.717, 1.165) is 16.9 Å². The number of amides is 1. The molecule has 1 atom stereocenters. The quantitative estimate of drug-likeness (QED) is 0.738. The summed E-state index contributed by atoms with van der Waals surface area (Å²) >= 11 is 1.09. The summed E-state index contributed by atoms with van der Waals surface area (Å²) in [6.45, 7) is 3.27. The van der Waals surface area contributed by atoms with Gasteiger partial charge >= 0.3 is 0 Å². The highest BCUT2D eigenvalue weighted by Crippen LogP contribution is 2.28. The topological polar surface area (TPSA) is 78.5 Å². The van der Waals surface area contributed by atoms with Gasteiger partial charge in [-0.25, -0.2) is 8.42 Å². The smallest absolute Gasteiger partial charge is 0.252 e. The van der Waals surface area contributed by atoms with Crippen LogP contribution in [0, 0.1) is 0 Å². The van der Waals surface area contributed by atoms with Crippen molar-refractivity contribution in [1.29, 1.82) is 0 Å². The molecule has 0 radical (unpaired) electrons. The van der Waals surface area contributed by atoms with E-state index in [-0.39, 0.29) is 28.6 Å². The third-order valence-corrected chi connectivity index (χ3v) is 7.85. The lowest BCUT2D eigenvalue weighted by molar-refractivity contribution is 0.0951. The van der Waals surface area contributed by atoms with E-state index in [1.807, 2.05) is 38.2 Å². The standard InChI is InChI=1S/C18H23N3O3S2.ClH/c1-13(19-2)10-20-18(22)16-9-17(25-12-16)26(23,24)21-8-7-14-5-3-4-6-15(14)11-21;/h3-6,9,12-13,19H,7-8,10-11H2,1-2H3,(H,20,22);1H. The Kier molecular flexibility index (Phi) is 7.41. The molecule has 9 heteroatoms. The second kappa shape index (κ2) is 9.16. The third-order valence-electron chi connectivity index (χ3n) is 4.59. The van der Waals surface area contributed by atoms with E-state index < -0.39 is 10.0 Å². The van der Waals surface area contributed by atoms with Crippen LogP contribution in [-0.4, -0.2) is 44.8 Å². The van der Waals surface area contributed by atoms with Crippen LogP contribution in [0.3, 0.4) is 0 Å². The van der Waals surface area contributed by atoms with Gasteiger partial charge in [0, 0.05) is 31.1 Å². The maximum absolute atomic E-state index is 12.9. The number of nitrogens with zero attached hydrogens (tertiary/aromatic N) is 1. The number of rotatable bonds is 6. The SMILES string of the molecule is CNC(C)CNC(=O)c1csc(S(=O)(=O)N2CCc3ccccc3C2)c1.Cl. The average molecular weight is 430 g/mol. The first kappa shape index (κ1) is 21.8. The molecule has 2 aromatic rings. The second-order valence-corrected chi connectivity index (χ2v) is 9.49. The number of hydrogen-bond donors (Lipinski definition) is 2. The van der Waals surface area contributed by atoms with Gasteiger partial charge in [-0.3, -0.25) is 4.79 Å². The molecule has 1 amide bonds. The fourth-order valence-corrected chi connectivity index (χ4v) is 5.55. The summed E-state index contributed by atoms with van der Waals surface area (Å²) in [7, 11) is -1.77.